The highest BCUT2D eigenvalue weighted by molar-refractivity contribution is 7.09. The number of aromatic nitrogens is 1. The molecule has 0 bridgehead atoms. The molecule has 1 amide bonds. The van der Waals surface area contributed by atoms with Crippen molar-refractivity contribution in [2.75, 3.05) is 0 Å². The number of thiazole rings is 1. The molecule has 3 nitrogen and oxygen atoms in total. The molecule has 4 heteroatoms. The zero-order valence-electron chi connectivity index (χ0n) is 12.2. The summed E-state index contributed by atoms with van der Waals surface area (Å²) in [5, 5.41) is 5.82. The van der Waals surface area contributed by atoms with Gasteiger partial charge in [0.05, 0.1) is 6.54 Å². The second kappa shape index (κ2) is 6.54. The standard InChI is InChI=1S/C18H16N2OS/c1-13-12-22-17(20-13)11-19-18(21)16-9-5-8-15(10-16)14-6-3-2-4-7-14/h2-10,12H,11H2,1H3,(H,19,21). The molecule has 0 aliphatic heterocycles. The lowest BCUT2D eigenvalue weighted by atomic mass is 10.0. The van der Waals surface area contributed by atoms with Gasteiger partial charge in [-0.05, 0) is 30.2 Å². The fourth-order valence-electron chi connectivity index (χ4n) is 2.21. The van der Waals surface area contributed by atoms with E-state index >= 15 is 0 Å². The minimum Gasteiger partial charge on any atom is -0.346 e. The van der Waals surface area contributed by atoms with Crippen molar-refractivity contribution in [2.24, 2.45) is 0 Å². The monoisotopic (exact) mass is 308 g/mol. The lowest BCUT2D eigenvalue weighted by molar-refractivity contribution is 0.0951. The molecule has 0 fully saturated rings. The summed E-state index contributed by atoms with van der Waals surface area (Å²) in [6.07, 6.45) is 0. The molecule has 0 aliphatic carbocycles. The molecule has 0 atom stereocenters. The zero-order chi connectivity index (χ0) is 15.4. The Kier molecular flexibility index (Phi) is 4.30. The van der Waals surface area contributed by atoms with Crippen LogP contribution in [0.4, 0.5) is 0 Å². The molecule has 1 N–H and O–H groups in total. The molecule has 1 heterocycles. The predicted molar refractivity (Wildman–Crippen MR) is 89.9 cm³/mol. The van der Waals surface area contributed by atoms with E-state index in [0.717, 1.165) is 21.8 Å². The molecule has 0 saturated carbocycles. The van der Waals surface area contributed by atoms with Crippen LogP contribution < -0.4 is 5.32 Å². The molecular weight excluding hydrogens is 292 g/mol. The first kappa shape index (κ1) is 14.5. The number of rotatable bonds is 4. The van der Waals surface area contributed by atoms with Crippen molar-refractivity contribution in [3.8, 4) is 11.1 Å². The van der Waals surface area contributed by atoms with Crippen molar-refractivity contribution in [1.82, 2.24) is 10.3 Å². The number of hydrogen-bond donors (Lipinski definition) is 1. The summed E-state index contributed by atoms with van der Waals surface area (Å²) >= 11 is 1.56. The largest absolute Gasteiger partial charge is 0.346 e. The SMILES string of the molecule is Cc1csc(CNC(=O)c2cccc(-c3ccccc3)c2)n1. The van der Waals surface area contributed by atoms with Gasteiger partial charge in [-0.3, -0.25) is 4.79 Å². The van der Waals surface area contributed by atoms with Gasteiger partial charge < -0.3 is 5.32 Å². The maximum atomic E-state index is 12.3. The summed E-state index contributed by atoms with van der Waals surface area (Å²) in [6, 6.07) is 17.7. The van der Waals surface area contributed by atoms with Gasteiger partial charge in [0.25, 0.3) is 5.91 Å². The number of benzene rings is 2. The number of amides is 1. The van der Waals surface area contributed by atoms with Crippen LogP contribution in [0.3, 0.4) is 0 Å². The van der Waals surface area contributed by atoms with E-state index in [0.29, 0.717) is 12.1 Å². The minimum atomic E-state index is -0.0781. The third-order valence-electron chi connectivity index (χ3n) is 3.30. The summed E-state index contributed by atoms with van der Waals surface area (Å²) in [5.74, 6) is -0.0781. The first-order chi connectivity index (χ1) is 10.7. The molecule has 2 aromatic carbocycles. The normalized spacial score (nSPS) is 10.4. The van der Waals surface area contributed by atoms with E-state index in [1.54, 1.807) is 11.3 Å². The second-order valence-corrected chi connectivity index (χ2v) is 5.95. The van der Waals surface area contributed by atoms with Crippen molar-refractivity contribution in [3.63, 3.8) is 0 Å². The molecule has 3 aromatic rings. The molecule has 3 rings (SSSR count). The van der Waals surface area contributed by atoms with Crippen LogP contribution in [0.2, 0.25) is 0 Å². The zero-order valence-corrected chi connectivity index (χ0v) is 13.1. The van der Waals surface area contributed by atoms with Gasteiger partial charge in [0, 0.05) is 16.6 Å². The van der Waals surface area contributed by atoms with E-state index in [1.807, 2.05) is 66.9 Å². The molecule has 22 heavy (non-hydrogen) atoms. The van der Waals surface area contributed by atoms with Gasteiger partial charge in [-0.1, -0.05) is 42.5 Å². The Morgan fingerprint density at radius 1 is 1.09 bits per heavy atom. The first-order valence-corrected chi connectivity index (χ1v) is 7.95. The quantitative estimate of drug-likeness (QED) is 0.790. The fraction of sp³-hybridized carbons (Fsp3) is 0.111. The average Bonchev–Trinajstić information content (AvgIpc) is 2.99. The Bertz CT molecular complexity index is 781. The van der Waals surface area contributed by atoms with Gasteiger partial charge in [-0.15, -0.1) is 11.3 Å². The highest BCUT2D eigenvalue weighted by atomic mass is 32.1. The van der Waals surface area contributed by atoms with Crippen LogP contribution in [0.15, 0.2) is 60.0 Å². The molecule has 1 aromatic heterocycles. The van der Waals surface area contributed by atoms with Gasteiger partial charge in [0.2, 0.25) is 0 Å². The molecule has 0 unspecified atom stereocenters. The average molecular weight is 308 g/mol. The second-order valence-electron chi connectivity index (χ2n) is 5.01. The smallest absolute Gasteiger partial charge is 0.251 e. The van der Waals surface area contributed by atoms with Gasteiger partial charge in [0.15, 0.2) is 0 Å². The van der Waals surface area contributed by atoms with Crippen LogP contribution in [0, 0.1) is 6.92 Å². The molecule has 0 radical (unpaired) electrons. The summed E-state index contributed by atoms with van der Waals surface area (Å²) in [7, 11) is 0. The van der Waals surface area contributed by atoms with Crippen LogP contribution in [0.5, 0.6) is 0 Å². The molecule has 0 spiro atoms. The Hall–Kier alpha value is -2.46. The lowest BCUT2D eigenvalue weighted by Gasteiger charge is -2.06. The Morgan fingerprint density at radius 3 is 2.59 bits per heavy atom. The van der Waals surface area contributed by atoms with Crippen LogP contribution >= 0.6 is 11.3 Å². The van der Waals surface area contributed by atoms with Gasteiger partial charge in [-0.25, -0.2) is 4.98 Å². The van der Waals surface area contributed by atoms with E-state index in [1.165, 1.54) is 0 Å². The molecule has 110 valence electrons. The van der Waals surface area contributed by atoms with E-state index in [2.05, 4.69) is 10.3 Å². The van der Waals surface area contributed by atoms with Crippen molar-refractivity contribution in [1.29, 1.82) is 0 Å². The van der Waals surface area contributed by atoms with Gasteiger partial charge in [-0.2, -0.15) is 0 Å². The van der Waals surface area contributed by atoms with E-state index in [-0.39, 0.29) is 5.91 Å². The molecule has 0 saturated heterocycles. The number of aryl methyl sites for hydroxylation is 1. The van der Waals surface area contributed by atoms with E-state index < -0.39 is 0 Å². The highest BCUT2D eigenvalue weighted by Gasteiger charge is 2.08. The maximum absolute atomic E-state index is 12.3. The van der Waals surface area contributed by atoms with Crippen LogP contribution in [0.1, 0.15) is 21.1 Å². The number of carbonyl (C=O) groups excluding carboxylic acids is 1. The van der Waals surface area contributed by atoms with E-state index in [9.17, 15) is 4.79 Å². The van der Waals surface area contributed by atoms with Crippen molar-refractivity contribution in [2.45, 2.75) is 13.5 Å². The van der Waals surface area contributed by atoms with Crippen molar-refractivity contribution < 1.29 is 4.79 Å². The number of nitrogens with one attached hydrogen (secondary N) is 1. The molecule has 0 aliphatic rings. The Balaban J connectivity index is 1.73. The lowest BCUT2D eigenvalue weighted by Crippen LogP contribution is -2.22. The van der Waals surface area contributed by atoms with Gasteiger partial charge >= 0.3 is 0 Å². The Labute approximate surface area is 133 Å². The van der Waals surface area contributed by atoms with Crippen molar-refractivity contribution in [3.05, 3.63) is 76.2 Å². The molecular formula is C18H16N2OS. The number of nitrogens with zero attached hydrogens (tertiary/aromatic N) is 1. The summed E-state index contributed by atoms with van der Waals surface area (Å²) in [6.45, 7) is 2.41. The third-order valence-corrected chi connectivity index (χ3v) is 4.27. The topological polar surface area (TPSA) is 42.0 Å². The first-order valence-electron chi connectivity index (χ1n) is 7.07. The summed E-state index contributed by atoms with van der Waals surface area (Å²) in [5.41, 5.74) is 3.79. The maximum Gasteiger partial charge on any atom is 0.251 e. The predicted octanol–water partition coefficient (Wildman–Crippen LogP) is 4.05. The third kappa shape index (κ3) is 3.40. The fourth-order valence-corrected chi connectivity index (χ4v) is 2.92. The highest BCUT2D eigenvalue weighted by Crippen LogP contribution is 2.20. The summed E-state index contributed by atoms with van der Waals surface area (Å²) in [4.78, 5) is 16.6. The van der Waals surface area contributed by atoms with Gasteiger partial charge in [0.1, 0.15) is 5.01 Å². The van der Waals surface area contributed by atoms with Crippen molar-refractivity contribution >= 4 is 17.2 Å². The summed E-state index contributed by atoms with van der Waals surface area (Å²) < 4.78 is 0. The minimum absolute atomic E-state index is 0.0781. The number of carbonyl (C=O) groups is 1. The van der Waals surface area contributed by atoms with Crippen LogP contribution in [-0.4, -0.2) is 10.9 Å². The number of hydrogen-bond acceptors (Lipinski definition) is 3. The van der Waals surface area contributed by atoms with Crippen LogP contribution in [-0.2, 0) is 6.54 Å². The van der Waals surface area contributed by atoms with Crippen LogP contribution in [0.25, 0.3) is 11.1 Å². The Morgan fingerprint density at radius 2 is 1.86 bits per heavy atom. The van der Waals surface area contributed by atoms with E-state index in [4.69, 9.17) is 0 Å².